The molecule has 2 aromatic carbocycles. The van der Waals surface area contributed by atoms with Crippen molar-refractivity contribution in [3.8, 4) is 0 Å². The molecule has 32 heavy (non-hydrogen) atoms. The summed E-state index contributed by atoms with van der Waals surface area (Å²) in [4.78, 5) is 0. The first-order valence-electron chi connectivity index (χ1n) is 11.2. The van der Waals surface area contributed by atoms with Gasteiger partial charge in [0.1, 0.15) is 17.8 Å². The van der Waals surface area contributed by atoms with Crippen molar-refractivity contribution in [2.45, 2.75) is 69.3 Å². The van der Waals surface area contributed by atoms with Crippen molar-refractivity contribution in [2.75, 3.05) is 0 Å². The van der Waals surface area contributed by atoms with E-state index in [0.717, 1.165) is 5.56 Å². The highest BCUT2D eigenvalue weighted by atomic mass is 16.8. The maximum absolute atomic E-state index is 6.60. The maximum atomic E-state index is 6.60. The zero-order chi connectivity index (χ0) is 22.6. The summed E-state index contributed by atoms with van der Waals surface area (Å²) in [6.07, 6.45) is 3.11. The normalized spacial score (nSPS) is 29.4. The summed E-state index contributed by atoms with van der Waals surface area (Å²) in [6, 6.07) is 20.3. The molecule has 2 fully saturated rings. The van der Waals surface area contributed by atoms with E-state index in [1.807, 2.05) is 74.5 Å². The average Bonchev–Trinajstić information content (AvgIpc) is 3.26. The first-order chi connectivity index (χ1) is 15.5. The molecule has 2 saturated heterocycles. The Morgan fingerprint density at radius 1 is 1.00 bits per heavy atom. The molecule has 0 saturated carbocycles. The summed E-state index contributed by atoms with van der Waals surface area (Å²) < 4.78 is 25.4. The summed E-state index contributed by atoms with van der Waals surface area (Å²) in [5.74, 6) is -0.754. The molecule has 5 heteroatoms. The van der Waals surface area contributed by atoms with Crippen LogP contribution in [0.25, 0.3) is 0 Å². The van der Waals surface area contributed by atoms with Crippen LogP contribution >= 0.6 is 0 Å². The molecule has 0 aromatic heterocycles. The van der Waals surface area contributed by atoms with Gasteiger partial charge in [0.2, 0.25) is 0 Å². The molecule has 0 bridgehead atoms. The van der Waals surface area contributed by atoms with Crippen LogP contribution in [0, 0.1) is 0 Å². The Kier molecular flexibility index (Phi) is 6.93. The lowest BCUT2D eigenvalue weighted by molar-refractivity contribution is -0.234. The standard InChI is InChI=1S/C27H33NO4/c1-5-13-22(28-18-20-14-9-7-10-15-20)23-27(6-2,29-19-21-16-11-8-12-17-21)24-25(30-23)32-26(3,4)31-24/h5-12,14-17,22-25,28H,1-2,13,18-19H2,3-4H3/t22-,23-,24-,25+,27+/m0/s1. The van der Waals surface area contributed by atoms with Gasteiger partial charge in [-0.15, -0.1) is 13.2 Å². The van der Waals surface area contributed by atoms with Crippen LogP contribution in [0.2, 0.25) is 0 Å². The Bertz CT molecular complexity index is 900. The van der Waals surface area contributed by atoms with E-state index < -0.39 is 23.8 Å². The molecule has 5 atom stereocenters. The Balaban J connectivity index is 1.60. The summed E-state index contributed by atoms with van der Waals surface area (Å²) >= 11 is 0. The molecule has 170 valence electrons. The molecular weight excluding hydrogens is 402 g/mol. The van der Waals surface area contributed by atoms with Crippen LogP contribution in [0.4, 0.5) is 0 Å². The van der Waals surface area contributed by atoms with Gasteiger partial charge in [0, 0.05) is 12.6 Å². The second kappa shape index (κ2) is 9.69. The van der Waals surface area contributed by atoms with Crippen molar-refractivity contribution >= 4 is 0 Å². The zero-order valence-corrected chi connectivity index (χ0v) is 18.9. The number of hydrogen-bond acceptors (Lipinski definition) is 5. The van der Waals surface area contributed by atoms with Crippen LogP contribution < -0.4 is 5.32 Å². The van der Waals surface area contributed by atoms with E-state index in [-0.39, 0.29) is 12.1 Å². The van der Waals surface area contributed by atoms with Gasteiger partial charge in [0.25, 0.3) is 0 Å². The largest absolute Gasteiger partial charge is 0.360 e. The number of rotatable bonds is 10. The summed E-state index contributed by atoms with van der Waals surface area (Å²) in [5, 5.41) is 3.64. The molecule has 2 aliphatic rings. The Morgan fingerprint density at radius 2 is 1.66 bits per heavy atom. The minimum absolute atomic E-state index is 0.0672. The van der Waals surface area contributed by atoms with E-state index in [1.165, 1.54) is 5.56 Å². The van der Waals surface area contributed by atoms with Gasteiger partial charge in [-0.1, -0.05) is 72.8 Å². The van der Waals surface area contributed by atoms with Crippen molar-refractivity contribution in [3.63, 3.8) is 0 Å². The highest BCUT2D eigenvalue weighted by Crippen LogP contribution is 2.47. The molecule has 4 rings (SSSR count). The van der Waals surface area contributed by atoms with Gasteiger partial charge in [0.15, 0.2) is 12.1 Å². The predicted molar refractivity (Wildman–Crippen MR) is 125 cm³/mol. The van der Waals surface area contributed by atoms with Gasteiger partial charge in [-0.3, -0.25) is 0 Å². The molecule has 0 unspecified atom stereocenters. The number of nitrogens with one attached hydrogen (secondary N) is 1. The Hall–Kier alpha value is -2.28. The molecular formula is C27H33NO4. The fourth-order valence-electron chi connectivity index (χ4n) is 4.53. The second-order valence-electron chi connectivity index (χ2n) is 8.81. The third-order valence-corrected chi connectivity index (χ3v) is 6.08. The lowest BCUT2D eigenvalue weighted by Crippen LogP contribution is -2.56. The third-order valence-electron chi connectivity index (χ3n) is 6.08. The van der Waals surface area contributed by atoms with Crippen LogP contribution in [0.5, 0.6) is 0 Å². The van der Waals surface area contributed by atoms with Crippen molar-refractivity contribution < 1.29 is 18.9 Å². The second-order valence-corrected chi connectivity index (χ2v) is 8.81. The molecule has 0 spiro atoms. The van der Waals surface area contributed by atoms with Gasteiger partial charge >= 0.3 is 0 Å². The lowest BCUT2D eigenvalue weighted by atomic mass is 9.86. The van der Waals surface area contributed by atoms with E-state index in [0.29, 0.717) is 19.6 Å². The molecule has 2 aromatic rings. The summed E-state index contributed by atoms with van der Waals surface area (Å²) in [5.41, 5.74) is 1.39. The molecule has 5 nitrogen and oxygen atoms in total. The van der Waals surface area contributed by atoms with Crippen molar-refractivity contribution in [1.29, 1.82) is 0 Å². The summed E-state index contributed by atoms with van der Waals surface area (Å²) in [7, 11) is 0. The molecule has 0 aliphatic carbocycles. The van der Waals surface area contributed by atoms with Crippen LogP contribution in [0.3, 0.4) is 0 Å². The minimum atomic E-state index is -0.883. The van der Waals surface area contributed by atoms with E-state index in [1.54, 1.807) is 0 Å². The Labute approximate surface area is 191 Å². The molecule has 2 heterocycles. The van der Waals surface area contributed by atoms with E-state index in [9.17, 15) is 0 Å². The van der Waals surface area contributed by atoms with E-state index in [2.05, 4.69) is 30.6 Å². The number of hydrogen-bond donors (Lipinski definition) is 1. The first kappa shape index (κ1) is 22.9. The highest BCUT2D eigenvalue weighted by molar-refractivity contribution is 5.21. The molecule has 0 amide bonds. The fraction of sp³-hybridized carbons (Fsp3) is 0.407. The highest BCUT2D eigenvalue weighted by Gasteiger charge is 2.64. The van der Waals surface area contributed by atoms with Crippen molar-refractivity contribution in [2.24, 2.45) is 0 Å². The monoisotopic (exact) mass is 435 g/mol. The zero-order valence-electron chi connectivity index (χ0n) is 18.9. The van der Waals surface area contributed by atoms with Gasteiger partial charge in [-0.05, 0) is 31.4 Å². The number of fused-ring (bicyclic) bond motifs is 1. The van der Waals surface area contributed by atoms with Crippen molar-refractivity contribution in [1.82, 2.24) is 5.32 Å². The smallest absolute Gasteiger partial charge is 0.190 e. The first-order valence-corrected chi connectivity index (χ1v) is 11.2. The van der Waals surface area contributed by atoms with Crippen LogP contribution in [0.15, 0.2) is 86.0 Å². The van der Waals surface area contributed by atoms with Gasteiger partial charge in [-0.25, -0.2) is 0 Å². The van der Waals surface area contributed by atoms with Gasteiger partial charge < -0.3 is 24.3 Å². The topological polar surface area (TPSA) is 49.0 Å². The quantitative estimate of drug-likeness (QED) is 0.547. The third kappa shape index (κ3) is 4.72. The van der Waals surface area contributed by atoms with Gasteiger partial charge in [-0.2, -0.15) is 0 Å². The predicted octanol–water partition coefficient (Wildman–Crippen LogP) is 4.74. The van der Waals surface area contributed by atoms with Crippen LogP contribution in [-0.4, -0.2) is 35.9 Å². The SMILES string of the molecule is C=CC[C@H](NCc1ccccc1)[C@@H]1O[C@@H]2OC(C)(C)O[C@@H]2[C@]1(C=C)OCc1ccccc1. The lowest BCUT2D eigenvalue weighted by Gasteiger charge is -2.39. The minimum Gasteiger partial charge on any atom is -0.360 e. The average molecular weight is 436 g/mol. The van der Waals surface area contributed by atoms with Crippen molar-refractivity contribution in [3.05, 3.63) is 97.1 Å². The number of benzene rings is 2. The molecule has 0 radical (unpaired) electrons. The number of ether oxygens (including phenoxy) is 4. The Morgan fingerprint density at radius 3 is 2.28 bits per heavy atom. The molecule has 2 aliphatic heterocycles. The maximum Gasteiger partial charge on any atom is 0.190 e. The van der Waals surface area contributed by atoms with Gasteiger partial charge in [0.05, 0.1) is 6.61 Å². The fourth-order valence-corrected chi connectivity index (χ4v) is 4.53. The van der Waals surface area contributed by atoms with E-state index >= 15 is 0 Å². The van der Waals surface area contributed by atoms with E-state index in [4.69, 9.17) is 18.9 Å². The van der Waals surface area contributed by atoms with Crippen LogP contribution in [0.1, 0.15) is 31.4 Å². The van der Waals surface area contributed by atoms with Crippen LogP contribution in [-0.2, 0) is 32.1 Å². The molecule has 1 N–H and O–H groups in total. The summed E-state index contributed by atoms with van der Waals surface area (Å²) in [6.45, 7) is 13.0.